The third kappa shape index (κ3) is 4.27. The van der Waals surface area contributed by atoms with Crippen molar-refractivity contribution < 1.29 is 9.18 Å². The standard InChI is InChI=1S/C17H23FN4O/c18-15-11-20-17(21-12-15)22-8-6-13(7-9-22)10-19-16(23)14-4-2-1-3-5-14/h1-2,11-14H,3-10H2,(H,19,23)/t14-/m0/s1. The number of hydrogen-bond donors (Lipinski definition) is 1. The summed E-state index contributed by atoms with van der Waals surface area (Å²) in [5.74, 6) is 1.01. The van der Waals surface area contributed by atoms with Gasteiger partial charge in [-0.3, -0.25) is 4.79 Å². The molecule has 0 aromatic carbocycles. The summed E-state index contributed by atoms with van der Waals surface area (Å²) in [5, 5.41) is 3.11. The predicted octanol–water partition coefficient (Wildman–Crippen LogP) is 2.30. The van der Waals surface area contributed by atoms with Crippen molar-refractivity contribution >= 4 is 11.9 Å². The fourth-order valence-electron chi connectivity index (χ4n) is 3.23. The summed E-state index contributed by atoms with van der Waals surface area (Å²) in [4.78, 5) is 22.3. The Morgan fingerprint density at radius 1 is 1.22 bits per heavy atom. The number of carbonyl (C=O) groups is 1. The summed E-state index contributed by atoms with van der Waals surface area (Å²) < 4.78 is 12.9. The average molecular weight is 318 g/mol. The quantitative estimate of drug-likeness (QED) is 0.866. The molecule has 1 aromatic heterocycles. The molecule has 124 valence electrons. The fraction of sp³-hybridized carbons (Fsp3) is 0.588. The second-order valence-corrected chi connectivity index (χ2v) is 6.36. The molecule has 1 amide bonds. The Morgan fingerprint density at radius 2 is 1.96 bits per heavy atom. The maximum absolute atomic E-state index is 12.9. The topological polar surface area (TPSA) is 58.1 Å². The molecule has 1 fully saturated rings. The first kappa shape index (κ1) is 15.9. The highest BCUT2D eigenvalue weighted by atomic mass is 19.1. The van der Waals surface area contributed by atoms with E-state index in [-0.39, 0.29) is 11.8 Å². The molecule has 0 radical (unpaired) electrons. The van der Waals surface area contributed by atoms with E-state index in [0.717, 1.165) is 51.7 Å². The van der Waals surface area contributed by atoms with Crippen molar-refractivity contribution in [1.82, 2.24) is 15.3 Å². The van der Waals surface area contributed by atoms with Crippen LogP contribution >= 0.6 is 0 Å². The number of amides is 1. The number of aromatic nitrogens is 2. The Kier molecular flexibility index (Phi) is 5.20. The smallest absolute Gasteiger partial charge is 0.225 e. The van der Waals surface area contributed by atoms with E-state index >= 15 is 0 Å². The molecule has 3 rings (SSSR count). The van der Waals surface area contributed by atoms with E-state index in [1.54, 1.807) is 0 Å². The van der Waals surface area contributed by atoms with Crippen LogP contribution < -0.4 is 10.2 Å². The molecule has 6 heteroatoms. The first-order valence-electron chi connectivity index (χ1n) is 8.37. The van der Waals surface area contributed by atoms with Gasteiger partial charge >= 0.3 is 0 Å². The molecule has 0 saturated carbocycles. The third-order valence-electron chi connectivity index (χ3n) is 4.71. The fourth-order valence-corrected chi connectivity index (χ4v) is 3.23. The number of nitrogens with one attached hydrogen (secondary N) is 1. The van der Waals surface area contributed by atoms with Gasteiger partial charge in [0.15, 0.2) is 5.82 Å². The minimum atomic E-state index is -0.413. The van der Waals surface area contributed by atoms with E-state index in [2.05, 4.69) is 32.3 Å². The molecule has 1 saturated heterocycles. The van der Waals surface area contributed by atoms with Crippen LogP contribution in [0.15, 0.2) is 24.5 Å². The van der Waals surface area contributed by atoms with Crippen molar-refractivity contribution in [2.75, 3.05) is 24.5 Å². The van der Waals surface area contributed by atoms with E-state index in [0.29, 0.717) is 11.9 Å². The van der Waals surface area contributed by atoms with Crippen LogP contribution in [0.4, 0.5) is 10.3 Å². The number of anilines is 1. The number of allylic oxidation sites excluding steroid dienone is 2. The maximum Gasteiger partial charge on any atom is 0.225 e. The minimum absolute atomic E-state index is 0.146. The average Bonchev–Trinajstić information content (AvgIpc) is 2.61. The van der Waals surface area contributed by atoms with Crippen molar-refractivity contribution in [2.45, 2.75) is 32.1 Å². The van der Waals surface area contributed by atoms with E-state index in [1.165, 1.54) is 12.4 Å². The van der Waals surface area contributed by atoms with Gasteiger partial charge in [-0.2, -0.15) is 0 Å². The lowest BCUT2D eigenvalue weighted by Crippen LogP contribution is -2.40. The van der Waals surface area contributed by atoms with Crippen LogP contribution in [0.1, 0.15) is 32.1 Å². The zero-order chi connectivity index (χ0) is 16.1. The molecule has 23 heavy (non-hydrogen) atoms. The molecule has 1 N–H and O–H groups in total. The predicted molar refractivity (Wildman–Crippen MR) is 86.4 cm³/mol. The van der Waals surface area contributed by atoms with Crippen LogP contribution in [0, 0.1) is 17.7 Å². The van der Waals surface area contributed by atoms with Gasteiger partial charge < -0.3 is 10.2 Å². The first-order chi connectivity index (χ1) is 11.2. The van der Waals surface area contributed by atoms with Crippen LogP contribution in [0.3, 0.4) is 0 Å². The van der Waals surface area contributed by atoms with E-state index in [1.807, 2.05) is 0 Å². The van der Waals surface area contributed by atoms with Gasteiger partial charge in [-0.15, -0.1) is 0 Å². The van der Waals surface area contributed by atoms with Crippen molar-refractivity contribution in [2.24, 2.45) is 11.8 Å². The summed E-state index contributed by atoms with van der Waals surface area (Å²) in [5.41, 5.74) is 0. The molecule has 0 spiro atoms. The molecule has 5 nitrogen and oxygen atoms in total. The second kappa shape index (κ2) is 7.53. The van der Waals surface area contributed by atoms with Crippen molar-refractivity contribution in [3.05, 3.63) is 30.4 Å². The van der Waals surface area contributed by atoms with Crippen molar-refractivity contribution in [3.8, 4) is 0 Å². The monoisotopic (exact) mass is 318 g/mol. The van der Waals surface area contributed by atoms with Gasteiger partial charge in [-0.1, -0.05) is 12.2 Å². The molecule has 1 aliphatic heterocycles. The van der Waals surface area contributed by atoms with Crippen molar-refractivity contribution in [3.63, 3.8) is 0 Å². The van der Waals surface area contributed by atoms with Crippen LogP contribution in [0.5, 0.6) is 0 Å². The highest BCUT2D eigenvalue weighted by molar-refractivity contribution is 5.78. The van der Waals surface area contributed by atoms with Gasteiger partial charge in [-0.05, 0) is 38.0 Å². The van der Waals surface area contributed by atoms with Crippen LogP contribution in [0.25, 0.3) is 0 Å². The van der Waals surface area contributed by atoms with E-state index < -0.39 is 5.82 Å². The minimum Gasteiger partial charge on any atom is -0.356 e. The normalized spacial score (nSPS) is 22.1. The van der Waals surface area contributed by atoms with Crippen molar-refractivity contribution in [1.29, 1.82) is 0 Å². The molecular weight excluding hydrogens is 295 g/mol. The molecule has 1 atom stereocenters. The van der Waals surface area contributed by atoms with Crippen LogP contribution in [0.2, 0.25) is 0 Å². The zero-order valence-corrected chi connectivity index (χ0v) is 13.2. The Labute approximate surface area is 136 Å². The Bertz CT molecular complexity index is 552. The largest absolute Gasteiger partial charge is 0.356 e. The molecule has 0 unspecified atom stereocenters. The van der Waals surface area contributed by atoms with Gasteiger partial charge in [0.25, 0.3) is 0 Å². The summed E-state index contributed by atoms with van der Waals surface area (Å²) in [7, 11) is 0. The molecular formula is C17H23FN4O. The number of piperidine rings is 1. The summed E-state index contributed by atoms with van der Waals surface area (Å²) in [6.45, 7) is 2.44. The molecule has 2 heterocycles. The Balaban J connectivity index is 1.41. The summed E-state index contributed by atoms with van der Waals surface area (Å²) in [6.07, 6.45) is 11.5. The molecule has 1 aromatic rings. The number of hydrogen-bond acceptors (Lipinski definition) is 4. The summed E-state index contributed by atoms with van der Waals surface area (Å²) >= 11 is 0. The van der Waals surface area contributed by atoms with E-state index in [9.17, 15) is 9.18 Å². The number of nitrogens with zero attached hydrogens (tertiary/aromatic N) is 3. The SMILES string of the molecule is O=C(NCC1CCN(c2ncc(F)cn2)CC1)[C@H]1CC=CCC1. The summed E-state index contributed by atoms with van der Waals surface area (Å²) in [6, 6.07) is 0. The number of rotatable bonds is 4. The van der Waals surface area contributed by atoms with E-state index in [4.69, 9.17) is 0 Å². The molecule has 0 bridgehead atoms. The van der Waals surface area contributed by atoms with Gasteiger partial charge in [0.05, 0.1) is 12.4 Å². The van der Waals surface area contributed by atoms with Gasteiger partial charge in [0.1, 0.15) is 0 Å². The highest BCUT2D eigenvalue weighted by Crippen LogP contribution is 2.21. The highest BCUT2D eigenvalue weighted by Gasteiger charge is 2.23. The Hall–Kier alpha value is -1.98. The third-order valence-corrected chi connectivity index (χ3v) is 4.71. The zero-order valence-electron chi connectivity index (χ0n) is 13.2. The molecule has 1 aliphatic carbocycles. The van der Waals surface area contributed by atoms with Crippen LogP contribution in [-0.2, 0) is 4.79 Å². The number of halogens is 1. The lowest BCUT2D eigenvalue weighted by molar-refractivity contribution is -0.125. The maximum atomic E-state index is 12.9. The van der Waals surface area contributed by atoms with Gasteiger partial charge in [0, 0.05) is 25.6 Å². The van der Waals surface area contributed by atoms with Gasteiger partial charge in [-0.25, -0.2) is 14.4 Å². The van der Waals surface area contributed by atoms with Gasteiger partial charge in [0.2, 0.25) is 11.9 Å². The lowest BCUT2D eigenvalue weighted by atomic mass is 9.92. The number of carbonyl (C=O) groups excluding carboxylic acids is 1. The first-order valence-corrected chi connectivity index (χ1v) is 8.37. The second-order valence-electron chi connectivity index (χ2n) is 6.36. The molecule has 2 aliphatic rings. The Morgan fingerprint density at radius 3 is 2.61 bits per heavy atom. The van der Waals surface area contributed by atoms with Crippen LogP contribution in [-0.4, -0.2) is 35.5 Å². The lowest BCUT2D eigenvalue weighted by Gasteiger charge is -2.32.